The highest BCUT2D eigenvalue weighted by Gasteiger charge is 2.45. The van der Waals surface area contributed by atoms with Crippen LogP contribution >= 0.6 is 0 Å². The summed E-state index contributed by atoms with van der Waals surface area (Å²) in [7, 11) is 0. The molecule has 1 atom stereocenters. The van der Waals surface area contributed by atoms with Crippen molar-refractivity contribution in [3.05, 3.63) is 29.8 Å². The number of nitriles is 1. The number of carbonyl (C=O) groups excluding carboxylic acids is 2. The zero-order chi connectivity index (χ0) is 18.1. The van der Waals surface area contributed by atoms with E-state index in [0.29, 0.717) is 38.4 Å². The van der Waals surface area contributed by atoms with Crippen molar-refractivity contribution in [1.29, 1.82) is 5.26 Å². The van der Waals surface area contributed by atoms with Gasteiger partial charge in [0.2, 0.25) is 5.91 Å². The molecule has 3 aliphatic rings. The lowest BCUT2D eigenvalue weighted by molar-refractivity contribution is -0.150. The maximum absolute atomic E-state index is 12.5. The van der Waals surface area contributed by atoms with Gasteiger partial charge in [-0.25, -0.2) is 0 Å². The van der Waals surface area contributed by atoms with Crippen LogP contribution in [0.25, 0.3) is 0 Å². The highest BCUT2D eigenvalue weighted by molar-refractivity contribution is 5.95. The van der Waals surface area contributed by atoms with Gasteiger partial charge in [0, 0.05) is 18.2 Å². The largest absolute Gasteiger partial charge is 0.376 e. The first-order chi connectivity index (χ1) is 12.6. The molecule has 136 valence electrons. The topological polar surface area (TPSA) is 82.9 Å². The first kappa shape index (κ1) is 17.0. The minimum atomic E-state index is -0.719. The second-order valence-electron chi connectivity index (χ2n) is 7.20. The van der Waals surface area contributed by atoms with Gasteiger partial charge in [-0.3, -0.25) is 9.59 Å². The average molecular weight is 355 g/mol. The third kappa shape index (κ3) is 3.30. The Morgan fingerprint density at radius 2 is 2.00 bits per heavy atom. The molecule has 0 aromatic heterocycles. The molecule has 0 radical (unpaired) electrons. The normalized spacial score (nSPS) is 26.5. The number of nitrogens with zero attached hydrogens (tertiary/aromatic N) is 3. The Labute approximate surface area is 152 Å². The van der Waals surface area contributed by atoms with Crippen molar-refractivity contribution in [3.63, 3.8) is 0 Å². The summed E-state index contributed by atoms with van der Waals surface area (Å²) in [5.41, 5.74) is 0.548. The van der Waals surface area contributed by atoms with Gasteiger partial charge in [0.05, 0.1) is 37.9 Å². The van der Waals surface area contributed by atoms with Gasteiger partial charge in [0.25, 0.3) is 5.91 Å². The van der Waals surface area contributed by atoms with Crippen LogP contribution in [0.1, 0.15) is 18.4 Å². The molecule has 2 amide bonds. The van der Waals surface area contributed by atoms with Crippen LogP contribution in [0, 0.1) is 17.2 Å². The van der Waals surface area contributed by atoms with E-state index in [0.717, 1.165) is 18.5 Å². The summed E-state index contributed by atoms with van der Waals surface area (Å²) in [5.74, 6) is 0.176. The molecule has 1 aromatic rings. The van der Waals surface area contributed by atoms with Crippen LogP contribution in [0.4, 0.5) is 5.69 Å². The van der Waals surface area contributed by atoms with Crippen molar-refractivity contribution in [2.24, 2.45) is 5.92 Å². The van der Waals surface area contributed by atoms with Gasteiger partial charge in [-0.15, -0.1) is 0 Å². The second-order valence-corrected chi connectivity index (χ2v) is 7.20. The smallest absolute Gasteiger partial charge is 0.253 e. The van der Waals surface area contributed by atoms with Gasteiger partial charge in [-0.2, -0.15) is 5.26 Å². The third-order valence-corrected chi connectivity index (χ3v) is 5.15. The predicted octanol–water partition coefficient (Wildman–Crippen LogP) is 0.929. The van der Waals surface area contributed by atoms with E-state index in [-0.39, 0.29) is 24.3 Å². The molecule has 1 aromatic carbocycles. The Morgan fingerprint density at radius 1 is 1.23 bits per heavy atom. The number of amides is 2. The summed E-state index contributed by atoms with van der Waals surface area (Å²) in [4.78, 5) is 28.4. The van der Waals surface area contributed by atoms with Gasteiger partial charge in [-0.1, -0.05) is 0 Å². The van der Waals surface area contributed by atoms with E-state index in [9.17, 15) is 9.59 Å². The fraction of sp³-hybridized carbons (Fsp3) is 0.526. The molecule has 7 heteroatoms. The SMILES string of the molecule is N#Cc1ccc(N2CC3(COCCN(C(=O)C4CC4)C3)OCC2=O)cc1. The standard InChI is InChI=1S/C19H21N3O4/c20-9-14-1-5-16(6-2-14)22-12-19(26-10-17(22)23)11-21(7-8-25-13-19)18(24)15-3-4-15/h1-2,5-6,15H,3-4,7-8,10-13H2. The van der Waals surface area contributed by atoms with Gasteiger partial charge in [0.1, 0.15) is 12.2 Å². The number of ether oxygens (including phenoxy) is 2. The highest BCUT2D eigenvalue weighted by Crippen LogP contribution is 2.33. The Hall–Kier alpha value is -2.43. The van der Waals surface area contributed by atoms with Crippen molar-refractivity contribution in [1.82, 2.24) is 4.90 Å². The summed E-state index contributed by atoms with van der Waals surface area (Å²) in [6.45, 7) is 2.10. The van der Waals surface area contributed by atoms with Crippen molar-refractivity contribution in [2.75, 3.05) is 44.4 Å². The summed E-state index contributed by atoms with van der Waals surface area (Å²) >= 11 is 0. The zero-order valence-corrected chi connectivity index (χ0v) is 14.5. The second kappa shape index (κ2) is 6.71. The monoisotopic (exact) mass is 355 g/mol. The highest BCUT2D eigenvalue weighted by atomic mass is 16.6. The zero-order valence-electron chi connectivity index (χ0n) is 14.5. The van der Waals surface area contributed by atoms with Crippen LogP contribution in [0.15, 0.2) is 24.3 Å². The van der Waals surface area contributed by atoms with Gasteiger partial charge < -0.3 is 19.3 Å². The summed E-state index contributed by atoms with van der Waals surface area (Å²) < 4.78 is 11.6. The summed E-state index contributed by atoms with van der Waals surface area (Å²) in [6, 6.07) is 8.99. The molecular formula is C19H21N3O4. The average Bonchev–Trinajstić information content (AvgIpc) is 3.51. The van der Waals surface area contributed by atoms with Crippen molar-refractivity contribution in [3.8, 4) is 6.07 Å². The van der Waals surface area contributed by atoms with Crippen LogP contribution in [0.2, 0.25) is 0 Å². The van der Waals surface area contributed by atoms with E-state index < -0.39 is 5.60 Å². The van der Waals surface area contributed by atoms with Crippen LogP contribution < -0.4 is 4.90 Å². The molecule has 2 heterocycles. The van der Waals surface area contributed by atoms with Crippen LogP contribution in [-0.4, -0.2) is 61.8 Å². The van der Waals surface area contributed by atoms with Crippen molar-refractivity contribution < 1.29 is 19.1 Å². The van der Waals surface area contributed by atoms with E-state index >= 15 is 0 Å². The lowest BCUT2D eigenvalue weighted by atomic mass is 10.0. The third-order valence-electron chi connectivity index (χ3n) is 5.15. The molecule has 1 aliphatic carbocycles. The molecule has 0 bridgehead atoms. The number of benzene rings is 1. The lowest BCUT2D eigenvalue weighted by Gasteiger charge is -2.43. The number of morpholine rings is 1. The summed E-state index contributed by atoms with van der Waals surface area (Å²) in [6.07, 6.45) is 1.92. The van der Waals surface area contributed by atoms with Gasteiger partial charge in [0.15, 0.2) is 0 Å². The first-order valence-electron chi connectivity index (χ1n) is 8.91. The molecule has 2 saturated heterocycles. The van der Waals surface area contributed by atoms with E-state index in [1.807, 2.05) is 4.90 Å². The number of carbonyl (C=O) groups is 2. The maximum Gasteiger partial charge on any atom is 0.253 e. The lowest BCUT2D eigenvalue weighted by Crippen LogP contribution is -2.61. The molecule has 1 unspecified atom stereocenters. The molecular weight excluding hydrogens is 334 g/mol. The molecule has 1 spiro atoms. The maximum atomic E-state index is 12.5. The van der Waals surface area contributed by atoms with Crippen molar-refractivity contribution >= 4 is 17.5 Å². The Morgan fingerprint density at radius 3 is 2.69 bits per heavy atom. The fourth-order valence-electron chi connectivity index (χ4n) is 3.53. The number of rotatable bonds is 2. The minimum Gasteiger partial charge on any atom is -0.376 e. The van der Waals surface area contributed by atoms with Gasteiger partial charge in [-0.05, 0) is 37.1 Å². The van der Waals surface area contributed by atoms with Crippen LogP contribution in [0.5, 0.6) is 0 Å². The minimum absolute atomic E-state index is 0.0468. The fourth-order valence-corrected chi connectivity index (χ4v) is 3.53. The molecule has 4 rings (SSSR count). The van der Waals surface area contributed by atoms with Crippen molar-refractivity contribution in [2.45, 2.75) is 18.4 Å². The molecule has 3 fully saturated rings. The molecule has 2 aliphatic heterocycles. The number of anilines is 1. The van der Waals surface area contributed by atoms with E-state index in [1.54, 1.807) is 29.2 Å². The molecule has 1 saturated carbocycles. The van der Waals surface area contributed by atoms with E-state index in [2.05, 4.69) is 6.07 Å². The Bertz CT molecular complexity index is 753. The predicted molar refractivity (Wildman–Crippen MR) is 92.3 cm³/mol. The van der Waals surface area contributed by atoms with Crippen LogP contribution in [0.3, 0.4) is 0 Å². The van der Waals surface area contributed by atoms with Crippen LogP contribution in [-0.2, 0) is 19.1 Å². The van der Waals surface area contributed by atoms with Gasteiger partial charge >= 0.3 is 0 Å². The Kier molecular flexibility index (Phi) is 4.39. The Balaban J connectivity index is 1.55. The summed E-state index contributed by atoms with van der Waals surface area (Å²) in [5, 5.41) is 8.95. The number of hydrogen-bond donors (Lipinski definition) is 0. The quantitative estimate of drug-likeness (QED) is 0.788. The first-order valence-corrected chi connectivity index (χ1v) is 8.91. The molecule has 0 N–H and O–H groups in total. The van der Waals surface area contributed by atoms with E-state index in [4.69, 9.17) is 14.7 Å². The molecule has 26 heavy (non-hydrogen) atoms. The van der Waals surface area contributed by atoms with E-state index in [1.165, 1.54) is 0 Å². The number of hydrogen-bond acceptors (Lipinski definition) is 5. The molecule has 7 nitrogen and oxygen atoms in total.